The van der Waals surface area contributed by atoms with Gasteiger partial charge in [0.1, 0.15) is 11.3 Å². The maximum atomic E-state index is 12.6. The van der Waals surface area contributed by atoms with Crippen LogP contribution in [0.2, 0.25) is 5.02 Å². The van der Waals surface area contributed by atoms with Crippen molar-refractivity contribution in [2.24, 2.45) is 5.92 Å². The van der Waals surface area contributed by atoms with Crippen LogP contribution < -0.4 is 15.8 Å². The Bertz CT molecular complexity index is 1180. The number of benzene rings is 2. The second-order valence-corrected chi connectivity index (χ2v) is 8.64. The molecule has 162 valence electrons. The number of carbonyl (C=O) groups excluding carboxylic acids is 1. The van der Waals surface area contributed by atoms with Crippen LogP contribution in [0.5, 0.6) is 5.75 Å². The van der Waals surface area contributed by atoms with Crippen LogP contribution in [0.25, 0.3) is 11.0 Å². The summed E-state index contributed by atoms with van der Waals surface area (Å²) < 4.78 is 5.29. The number of fused-ring (bicyclic) bond motifs is 1. The molecule has 1 amide bonds. The number of aryl methyl sites for hydroxylation is 1. The molecule has 2 N–H and O–H groups in total. The first kappa shape index (κ1) is 21.2. The Hall–Kier alpha value is -2.99. The lowest BCUT2D eigenvalue weighted by Crippen LogP contribution is -2.32. The van der Waals surface area contributed by atoms with Gasteiger partial charge in [0.2, 0.25) is 5.91 Å². The Morgan fingerprint density at radius 3 is 2.58 bits per heavy atom. The molecule has 0 saturated carbocycles. The Labute approximate surface area is 185 Å². The first-order chi connectivity index (χ1) is 14.8. The van der Waals surface area contributed by atoms with Crippen LogP contribution in [0.1, 0.15) is 30.9 Å². The van der Waals surface area contributed by atoms with Crippen LogP contribution in [0.3, 0.4) is 0 Å². The Morgan fingerprint density at radius 1 is 1.23 bits per heavy atom. The van der Waals surface area contributed by atoms with Gasteiger partial charge in [0.05, 0.1) is 17.0 Å². The number of amides is 1. The van der Waals surface area contributed by atoms with Gasteiger partial charge in [-0.2, -0.15) is 0 Å². The molecule has 1 saturated heterocycles. The number of hydrogen-bond donors (Lipinski definition) is 2. The average molecular weight is 441 g/mol. The van der Waals surface area contributed by atoms with E-state index >= 15 is 0 Å². The van der Waals surface area contributed by atoms with E-state index in [9.17, 15) is 14.7 Å². The van der Waals surface area contributed by atoms with Crippen LogP contribution in [-0.4, -0.2) is 24.1 Å². The highest BCUT2D eigenvalue weighted by Gasteiger charge is 2.18. The van der Waals surface area contributed by atoms with Crippen LogP contribution in [0.15, 0.2) is 45.6 Å². The van der Waals surface area contributed by atoms with Crippen LogP contribution in [0.4, 0.5) is 11.4 Å². The van der Waals surface area contributed by atoms with Crippen LogP contribution >= 0.6 is 11.6 Å². The number of phenolic OH excluding ortho intramolecular Hbond substituents is 1. The molecule has 6 nitrogen and oxygen atoms in total. The van der Waals surface area contributed by atoms with Gasteiger partial charge in [0.15, 0.2) is 0 Å². The predicted molar refractivity (Wildman–Crippen MR) is 123 cm³/mol. The van der Waals surface area contributed by atoms with Crippen LogP contribution in [-0.2, 0) is 11.2 Å². The lowest BCUT2D eigenvalue weighted by atomic mass is 9.99. The van der Waals surface area contributed by atoms with Gasteiger partial charge in [0, 0.05) is 35.9 Å². The molecule has 7 heteroatoms. The van der Waals surface area contributed by atoms with Crippen molar-refractivity contribution in [2.75, 3.05) is 23.3 Å². The number of rotatable bonds is 4. The molecule has 0 bridgehead atoms. The van der Waals surface area contributed by atoms with Gasteiger partial charge in [-0.15, -0.1) is 0 Å². The number of halogens is 1. The number of aromatic hydroxyl groups is 1. The third-order valence-electron chi connectivity index (χ3n) is 5.99. The molecule has 0 aliphatic carbocycles. The smallest absolute Gasteiger partial charge is 0.340 e. The minimum atomic E-state index is -0.600. The Kier molecular flexibility index (Phi) is 5.92. The fraction of sp³-hybridized carbons (Fsp3) is 0.333. The average Bonchev–Trinajstić information content (AvgIpc) is 2.74. The molecule has 0 atom stereocenters. The van der Waals surface area contributed by atoms with Crippen molar-refractivity contribution in [3.63, 3.8) is 0 Å². The van der Waals surface area contributed by atoms with Gasteiger partial charge < -0.3 is 19.7 Å². The van der Waals surface area contributed by atoms with Crippen molar-refractivity contribution in [1.29, 1.82) is 0 Å². The van der Waals surface area contributed by atoms with Crippen molar-refractivity contribution in [3.8, 4) is 5.75 Å². The minimum Gasteiger partial charge on any atom is -0.506 e. The quantitative estimate of drug-likeness (QED) is 0.565. The maximum absolute atomic E-state index is 12.6. The van der Waals surface area contributed by atoms with Gasteiger partial charge in [-0.25, -0.2) is 4.79 Å². The monoisotopic (exact) mass is 440 g/mol. The van der Waals surface area contributed by atoms with E-state index < -0.39 is 5.63 Å². The lowest BCUT2D eigenvalue weighted by Gasteiger charge is -2.32. The highest BCUT2D eigenvalue weighted by Crippen LogP contribution is 2.31. The number of anilines is 2. The number of piperidine rings is 1. The van der Waals surface area contributed by atoms with E-state index in [-0.39, 0.29) is 34.2 Å². The molecule has 0 unspecified atom stereocenters. The number of phenols is 1. The fourth-order valence-electron chi connectivity index (χ4n) is 3.99. The number of hydrogen-bond acceptors (Lipinski definition) is 5. The number of nitrogens with one attached hydrogen (secondary N) is 1. The fourth-order valence-corrected chi connectivity index (χ4v) is 4.15. The van der Waals surface area contributed by atoms with Crippen molar-refractivity contribution in [2.45, 2.75) is 33.1 Å². The summed E-state index contributed by atoms with van der Waals surface area (Å²) in [6, 6.07) is 10.6. The molecule has 0 radical (unpaired) electrons. The number of carbonyl (C=O) groups is 1. The SMILES string of the molecule is Cc1c(CC(=O)Nc2ccc(N3CCC(C)CC3)cc2)c(=O)oc2cc(O)c(Cl)cc12. The molecular formula is C24H25ClN2O4. The summed E-state index contributed by atoms with van der Waals surface area (Å²) in [5, 5.41) is 13.3. The predicted octanol–water partition coefficient (Wildman–Crippen LogP) is 4.88. The second-order valence-electron chi connectivity index (χ2n) is 8.23. The summed E-state index contributed by atoms with van der Waals surface area (Å²) in [6.07, 6.45) is 2.27. The normalized spacial score (nSPS) is 14.7. The van der Waals surface area contributed by atoms with E-state index in [2.05, 4.69) is 17.1 Å². The highest BCUT2D eigenvalue weighted by atomic mass is 35.5. The van der Waals surface area contributed by atoms with Gasteiger partial charge >= 0.3 is 5.63 Å². The topological polar surface area (TPSA) is 82.8 Å². The first-order valence-electron chi connectivity index (χ1n) is 10.4. The van der Waals surface area contributed by atoms with Crippen molar-refractivity contribution >= 4 is 39.9 Å². The highest BCUT2D eigenvalue weighted by molar-refractivity contribution is 6.32. The molecule has 1 aromatic heterocycles. The molecular weight excluding hydrogens is 416 g/mol. The van der Waals surface area contributed by atoms with E-state index in [0.29, 0.717) is 16.6 Å². The summed E-state index contributed by atoms with van der Waals surface area (Å²) in [5.74, 6) is 0.302. The molecule has 0 spiro atoms. The molecule has 1 aliphatic rings. The van der Waals surface area contributed by atoms with Crippen molar-refractivity contribution in [3.05, 3.63) is 63.0 Å². The molecule has 3 aromatic rings. The molecule has 2 aromatic carbocycles. The summed E-state index contributed by atoms with van der Waals surface area (Å²) in [7, 11) is 0. The zero-order valence-corrected chi connectivity index (χ0v) is 18.3. The molecule has 1 aliphatic heterocycles. The van der Waals surface area contributed by atoms with E-state index in [1.54, 1.807) is 6.92 Å². The Balaban J connectivity index is 1.48. The molecule has 31 heavy (non-hydrogen) atoms. The zero-order chi connectivity index (χ0) is 22.1. The summed E-state index contributed by atoms with van der Waals surface area (Å²) in [6.45, 7) is 6.12. The standard InChI is InChI=1S/C24H25ClN2O4/c1-14-7-9-27(10-8-14)17-5-3-16(4-6-17)26-23(29)12-19-15(2)18-11-20(25)21(28)13-22(18)31-24(19)30/h3-6,11,13-14,28H,7-10,12H2,1-2H3,(H,26,29). The van der Waals surface area contributed by atoms with Crippen LogP contribution in [0, 0.1) is 12.8 Å². The van der Waals surface area contributed by atoms with Gasteiger partial charge in [-0.05, 0) is 61.6 Å². The second kappa shape index (κ2) is 8.63. The third-order valence-corrected chi connectivity index (χ3v) is 6.29. The summed E-state index contributed by atoms with van der Waals surface area (Å²) >= 11 is 5.99. The van der Waals surface area contributed by atoms with E-state index in [4.69, 9.17) is 16.0 Å². The third kappa shape index (κ3) is 4.54. The van der Waals surface area contributed by atoms with Crippen molar-refractivity contribution in [1.82, 2.24) is 0 Å². The molecule has 1 fully saturated rings. The van der Waals surface area contributed by atoms with Gasteiger partial charge in [-0.3, -0.25) is 4.79 Å². The summed E-state index contributed by atoms with van der Waals surface area (Å²) in [5.41, 5.74) is 2.34. The van der Waals surface area contributed by atoms with Gasteiger partial charge in [0.25, 0.3) is 0 Å². The van der Waals surface area contributed by atoms with Gasteiger partial charge in [-0.1, -0.05) is 18.5 Å². The zero-order valence-electron chi connectivity index (χ0n) is 17.6. The Morgan fingerprint density at radius 2 is 1.90 bits per heavy atom. The van der Waals surface area contributed by atoms with Crippen molar-refractivity contribution < 1.29 is 14.3 Å². The first-order valence-corrected chi connectivity index (χ1v) is 10.8. The largest absolute Gasteiger partial charge is 0.506 e. The van der Waals surface area contributed by atoms with E-state index in [0.717, 1.165) is 24.7 Å². The van der Waals surface area contributed by atoms with E-state index in [1.165, 1.54) is 25.0 Å². The number of nitrogens with zero attached hydrogens (tertiary/aromatic N) is 1. The minimum absolute atomic E-state index is 0.117. The summed E-state index contributed by atoms with van der Waals surface area (Å²) in [4.78, 5) is 27.4. The molecule has 4 rings (SSSR count). The molecule has 2 heterocycles. The van der Waals surface area contributed by atoms with E-state index in [1.807, 2.05) is 24.3 Å². The lowest BCUT2D eigenvalue weighted by molar-refractivity contribution is -0.115. The maximum Gasteiger partial charge on any atom is 0.340 e.